The van der Waals surface area contributed by atoms with Crippen LogP contribution in [-0.4, -0.2) is 15.0 Å². The van der Waals surface area contributed by atoms with Crippen LogP contribution in [0.2, 0.25) is 0 Å². The first-order chi connectivity index (χ1) is 32.5. The van der Waals surface area contributed by atoms with E-state index in [4.69, 9.17) is 23.8 Å². The summed E-state index contributed by atoms with van der Waals surface area (Å²) >= 11 is 1.77. The van der Waals surface area contributed by atoms with E-state index in [0.29, 0.717) is 17.5 Å². The standard InChI is InChI=1S/C60H37N3O2S/c1-60(2)45-25-7-3-18-40(45)52-36(21-13-26-46(52)60)34-15-11-16-35(33-34)37-31-32-50-54(42-20-5-9-28-48(42)65-50)55(37)59-62-57(43-23-14-29-49-53(43)41-19-4-8-27-47(41)64-49)61-58(63-59)44-24-12-22-39-38-17-6-10-30-51(38)66-56(39)44/h3-33H,1-2H3. The Kier molecular flexibility index (Phi) is 7.84. The molecule has 0 aliphatic heterocycles. The van der Waals surface area contributed by atoms with E-state index >= 15 is 0 Å². The van der Waals surface area contributed by atoms with Gasteiger partial charge in [-0.3, -0.25) is 0 Å². The molecular formula is C60H37N3O2S. The quantitative estimate of drug-likeness (QED) is 0.172. The molecule has 14 rings (SSSR count). The summed E-state index contributed by atoms with van der Waals surface area (Å²) in [6, 6.07) is 66.5. The fraction of sp³-hybridized carbons (Fsp3) is 0.0500. The number of fused-ring (bicyclic) bond motifs is 12. The largest absolute Gasteiger partial charge is 0.456 e. The molecule has 0 saturated carbocycles. The molecular weight excluding hydrogens is 827 g/mol. The van der Waals surface area contributed by atoms with Gasteiger partial charge in [-0.1, -0.05) is 153 Å². The van der Waals surface area contributed by atoms with Gasteiger partial charge in [0.1, 0.15) is 22.3 Å². The first-order valence-electron chi connectivity index (χ1n) is 22.3. The van der Waals surface area contributed by atoms with Gasteiger partial charge >= 0.3 is 0 Å². The van der Waals surface area contributed by atoms with Crippen LogP contribution in [0.15, 0.2) is 197 Å². The van der Waals surface area contributed by atoms with Gasteiger partial charge in [-0.2, -0.15) is 0 Å². The Morgan fingerprint density at radius 3 is 1.73 bits per heavy atom. The zero-order valence-electron chi connectivity index (χ0n) is 36.0. The van der Waals surface area contributed by atoms with Crippen molar-refractivity contribution in [3.63, 3.8) is 0 Å². The van der Waals surface area contributed by atoms with Crippen molar-refractivity contribution < 1.29 is 8.83 Å². The van der Waals surface area contributed by atoms with Crippen molar-refractivity contribution >= 4 is 75.4 Å². The number of para-hydroxylation sites is 2. The molecule has 9 aromatic carbocycles. The monoisotopic (exact) mass is 863 g/mol. The van der Waals surface area contributed by atoms with Gasteiger partial charge in [-0.05, 0) is 93.0 Å². The molecule has 0 amide bonds. The molecule has 5 nitrogen and oxygen atoms in total. The predicted molar refractivity (Wildman–Crippen MR) is 272 cm³/mol. The molecule has 0 fully saturated rings. The third-order valence-electron chi connectivity index (χ3n) is 13.8. The van der Waals surface area contributed by atoms with E-state index in [9.17, 15) is 0 Å². The highest BCUT2D eigenvalue weighted by Crippen LogP contribution is 2.53. The lowest BCUT2D eigenvalue weighted by Gasteiger charge is -2.21. The zero-order chi connectivity index (χ0) is 43.7. The average molecular weight is 864 g/mol. The van der Waals surface area contributed by atoms with Gasteiger partial charge in [0.25, 0.3) is 0 Å². The van der Waals surface area contributed by atoms with Crippen molar-refractivity contribution in [3.05, 3.63) is 199 Å². The molecule has 0 unspecified atom stereocenters. The number of furan rings is 2. The fourth-order valence-corrected chi connectivity index (χ4v) is 12.0. The van der Waals surface area contributed by atoms with Crippen LogP contribution in [0.5, 0.6) is 0 Å². The first-order valence-corrected chi connectivity index (χ1v) is 23.2. The Morgan fingerprint density at radius 1 is 0.379 bits per heavy atom. The molecule has 1 aliphatic rings. The minimum Gasteiger partial charge on any atom is -0.456 e. The maximum atomic E-state index is 6.64. The minimum atomic E-state index is -0.110. The summed E-state index contributed by atoms with van der Waals surface area (Å²) in [5.41, 5.74) is 15.5. The molecule has 0 bridgehead atoms. The van der Waals surface area contributed by atoms with Crippen molar-refractivity contribution in [1.82, 2.24) is 15.0 Å². The van der Waals surface area contributed by atoms with Crippen LogP contribution in [0, 0.1) is 0 Å². The molecule has 0 atom stereocenters. The topological polar surface area (TPSA) is 65.0 Å². The summed E-state index contributed by atoms with van der Waals surface area (Å²) in [5.74, 6) is 1.73. The van der Waals surface area contributed by atoms with Gasteiger partial charge in [0.05, 0.1) is 0 Å². The van der Waals surface area contributed by atoms with Crippen LogP contribution >= 0.6 is 11.3 Å². The Hall–Kier alpha value is -8.19. The van der Waals surface area contributed by atoms with Crippen LogP contribution < -0.4 is 0 Å². The Morgan fingerprint density at radius 2 is 0.909 bits per heavy atom. The highest BCUT2D eigenvalue weighted by molar-refractivity contribution is 7.26. The number of hydrogen-bond acceptors (Lipinski definition) is 6. The highest BCUT2D eigenvalue weighted by Gasteiger charge is 2.36. The predicted octanol–water partition coefficient (Wildman–Crippen LogP) is 16.7. The van der Waals surface area contributed by atoms with Gasteiger partial charge in [-0.15, -0.1) is 11.3 Å². The number of thiophene rings is 1. The third kappa shape index (κ3) is 5.36. The van der Waals surface area contributed by atoms with Gasteiger partial charge in [0.2, 0.25) is 0 Å². The summed E-state index contributed by atoms with van der Waals surface area (Å²) in [7, 11) is 0. The summed E-state index contributed by atoms with van der Waals surface area (Å²) in [5, 5.41) is 6.33. The lowest BCUT2D eigenvalue weighted by molar-refractivity contribution is 0.660. The second-order valence-electron chi connectivity index (χ2n) is 17.8. The number of aromatic nitrogens is 3. The van der Waals surface area contributed by atoms with Gasteiger partial charge in [0.15, 0.2) is 17.5 Å². The van der Waals surface area contributed by atoms with Crippen LogP contribution in [0.4, 0.5) is 0 Å². The lowest BCUT2D eigenvalue weighted by atomic mass is 9.82. The van der Waals surface area contributed by atoms with E-state index in [-0.39, 0.29) is 5.41 Å². The normalized spacial score (nSPS) is 13.1. The van der Waals surface area contributed by atoms with Crippen molar-refractivity contribution in [2.75, 3.05) is 0 Å². The SMILES string of the molecule is CC1(C)c2ccccc2-c2c(-c3cccc(-c4ccc5oc6ccccc6c5c4-c4nc(-c5cccc6c5sc5ccccc56)nc(-c5cccc6oc7ccccc7c56)n4)c3)cccc21. The number of nitrogens with zero attached hydrogens (tertiary/aromatic N) is 3. The second kappa shape index (κ2) is 13.9. The summed E-state index contributed by atoms with van der Waals surface area (Å²) in [4.78, 5) is 16.5. The number of rotatable bonds is 5. The van der Waals surface area contributed by atoms with E-state index in [2.05, 4.69) is 166 Å². The van der Waals surface area contributed by atoms with E-state index in [1.807, 2.05) is 36.4 Å². The summed E-state index contributed by atoms with van der Waals surface area (Å²) in [6.45, 7) is 4.67. The zero-order valence-corrected chi connectivity index (χ0v) is 36.8. The Balaban J connectivity index is 1.06. The Labute approximate surface area is 383 Å². The van der Waals surface area contributed by atoms with Crippen molar-refractivity contribution in [2.24, 2.45) is 0 Å². The molecule has 0 radical (unpaired) electrons. The fourth-order valence-electron chi connectivity index (χ4n) is 10.8. The van der Waals surface area contributed by atoms with Crippen molar-refractivity contribution in [1.29, 1.82) is 0 Å². The number of hydrogen-bond donors (Lipinski definition) is 0. The maximum absolute atomic E-state index is 6.64. The molecule has 13 aromatic rings. The van der Waals surface area contributed by atoms with Crippen LogP contribution in [-0.2, 0) is 5.41 Å². The molecule has 1 aliphatic carbocycles. The Bertz CT molecular complexity index is 4170. The molecule has 0 N–H and O–H groups in total. The van der Waals surface area contributed by atoms with Crippen LogP contribution in [0.25, 0.3) is 132 Å². The van der Waals surface area contributed by atoms with E-state index in [1.165, 1.54) is 43.3 Å². The van der Waals surface area contributed by atoms with Gasteiger partial charge in [-0.25, -0.2) is 15.0 Å². The summed E-state index contributed by atoms with van der Waals surface area (Å²) < 4.78 is 15.4. The lowest BCUT2D eigenvalue weighted by Crippen LogP contribution is -2.14. The van der Waals surface area contributed by atoms with Crippen LogP contribution in [0.3, 0.4) is 0 Å². The molecule has 4 heterocycles. The molecule has 0 saturated heterocycles. The smallest absolute Gasteiger partial charge is 0.165 e. The molecule has 6 heteroatoms. The second-order valence-corrected chi connectivity index (χ2v) is 18.9. The summed E-state index contributed by atoms with van der Waals surface area (Å²) in [6.07, 6.45) is 0. The van der Waals surface area contributed by atoms with E-state index in [0.717, 1.165) is 82.0 Å². The minimum absolute atomic E-state index is 0.110. The third-order valence-corrected chi connectivity index (χ3v) is 15.0. The van der Waals surface area contributed by atoms with Crippen molar-refractivity contribution in [3.8, 4) is 67.5 Å². The van der Waals surface area contributed by atoms with Gasteiger partial charge in [0, 0.05) is 63.8 Å². The molecule has 66 heavy (non-hydrogen) atoms. The van der Waals surface area contributed by atoms with Crippen LogP contribution in [0.1, 0.15) is 25.0 Å². The van der Waals surface area contributed by atoms with Gasteiger partial charge < -0.3 is 8.83 Å². The highest BCUT2D eigenvalue weighted by atomic mass is 32.1. The van der Waals surface area contributed by atoms with E-state index in [1.54, 1.807) is 11.3 Å². The van der Waals surface area contributed by atoms with Crippen molar-refractivity contribution in [2.45, 2.75) is 19.3 Å². The molecule has 0 spiro atoms. The van der Waals surface area contributed by atoms with E-state index < -0.39 is 0 Å². The first kappa shape index (κ1) is 37.2. The molecule has 310 valence electrons. The maximum Gasteiger partial charge on any atom is 0.165 e. The molecule has 4 aromatic heterocycles. The number of benzene rings is 9. The average Bonchev–Trinajstić information content (AvgIpc) is 4.12.